The topological polar surface area (TPSA) is 91.4 Å². The number of amides is 1. The van der Waals surface area contributed by atoms with Gasteiger partial charge in [-0.25, -0.2) is 0 Å². The number of rotatable bonds is 12. The van der Waals surface area contributed by atoms with Crippen LogP contribution in [0.3, 0.4) is 0 Å². The second-order valence-electron chi connectivity index (χ2n) is 7.37. The van der Waals surface area contributed by atoms with Gasteiger partial charge >= 0.3 is 11.9 Å². The quantitative estimate of drug-likeness (QED) is 0.275. The Balaban J connectivity index is 4.56. The van der Waals surface area contributed by atoms with Gasteiger partial charge in [-0.2, -0.15) is 0 Å². The van der Waals surface area contributed by atoms with Gasteiger partial charge in [0.05, 0.1) is 26.3 Å². The van der Waals surface area contributed by atoms with Gasteiger partial charge in [0.25, 0.3) is 0 Å². The number of hydrogen-bond acceptors (Lipinski definition) is 11. The van der Waals surface area contributed by atoms with E-state index in [-0.39, 0.29) is 41.0 Å². The fourth-order valence-corrected chi connectivity index (χ4v) is 5.02. The van der Waals surface area contributed by atoms with Gasteiger partial charge in [0.15, 0.2) is 0 Å². The van der Waals surface area contributed by atoms with Crippen molar-refractivity contribution in [2.75, 3.05) is 39.5 Å². The molecule has 0 saturated heterocycles. The minimum absolute atomic E-state index is 0.00170. The Kier molecular flexibility index (Phi) is 14.4. The predicted molar refractivity (Wildman–Crippen MR) is 136 cm³/mol. The molecule has 12 heteroatoms. The average molecular weight is 528 g/mol. The van der Waals surface area contributed by atoms with Crippen LogP contribution in [-0.2, 0) is 33.3 Å². The number of thiocarbonyl (C=S) groups is 2. The van der Waals surface area contributed by atoms with E-state index in [9.17, 15) is 14.4 Å². The summed E-state index contributed by atoms with van der Waals surface area (Å²) in [6, 6.07) is 0. The van der Waals surface area contributed by atoms with E-state index in [0.29, 0.717) is 13.2 Å². The van der Waals surface area contributed by atoms with E-state index in [1.165, 1.54) is 11.8 Å². The Bertz CT molecular complexity index is 633. The van der Waals surface area contributed by atoms with Crippen molar-refractivity contribution in [3.63, 3.8) is 0 Å². The first-order chi connectivity index (χ1) is 14.8. The highest BCUT2D eigenvalue weighted by molar-refractivity contribution is 8.24. The lowest BCUT2D eigenvalue weighted by molar-refractivity contribution is -0.149. The molecular weight excluding hydrogens is 494 g/mol. The summed E-state index contributed by atoms with van der Waals surface area (Å²) in [5.74, 6) is -1.17. The summed E-state index contributed by atoms with van der Waals surface area (Å²) in [5, 5.41) is 0. The van der Waals surface area contributed by atoms with E-state index in [1.54, 1.807) is 41.5 Å². The van der Waals surface area contributed by atoms with Gasteiger partial charge in [-0.1, -0.05) is 23.5 Å². The molecule has 0 unspecified atom stereocenters. The molecule has 0 spiro atoms. The van der Waals surface area contributed by atoms with Crippen molar-refractivity contribution in [2.24, 2.45) is 0 Å². The predicted octanol–water partition coefficient (Wildman–Crippen LogP) is 3.59. The van der Waals surface area contributed by atoms with E-state index in [1.807, 2.05) is 0 Å². The molecule has 0 fully saturated rings. The Morgan fingerprint density at radius 2 is 1.09 bits per heavy atom. The number of thioether (sulfide) groups is 2. The molecule has 0 N–H and O–H groups in total. The van der Waals surface area contributed by atoms with Crippen molar-refractivity contribution >= 4 is 74.6 Å². The normalized spacial score (nSPS) is 11.3. The van der Waals surface area contributed by atoms with E-state index in [2.05, 4.69) is 0 Å². The first-order valence-corrected chi connectivity index (χ1v) is 12.5. The molecule has 8 nitrogen and oxygen atoms in total. The van der Waals surface area contributed by atoms with Crippen molar-refractivity contribution in [2.45, 2.75) is 58.0 Å². The number of carbonyl (C=O) groups is 3. The van der Waals surface area contributed by atoms with E-state index in [0.717, 1.165) is 23.5 Å². The van der Waals surface area contributed by atoms with Crippen molar-refractivity contribution in [3.8, 4) is 0 Å². The van der Waals surface area contributed by atoms with Gasteiger partial charge in [0.1, 0.15) is 22.7 Å². The van der Waals surface area contributed by atoms with Gasteiger partial charge in [-0.05, 0) is 66.0 Å². The van der Waals surface area contributed by atoms with Crippen LogP contribution in [0.1, 0.15) is 48.5 Å². The smallest absolute Gasteiger partial charge is 0.322 e. The lowest BCUT2D eigenvalue weighted by atomic mass is 10.2. The molecule has 0 aliphatic heterocycles. The molecule has 0 aliphatic carbocycles. The number of nitrogens with zero attached hydrogens (tertiary/aromatic N) is 1. The molecule has 0 bridgehead atoms. The summed E-state index contributed by atoms with van der Waals surface area (Å²) in [6.45, 7) is 12.9. The fraction of sp³-hybridized carbons (Fsp3) is 0.750. The van der Waals surface area contributed by atoms with Crippen molar-refractivity contribution in [3.05, 3.63) is 0 Å². The Morgan fingerprint density at radius 1 is 0.750 bits per heavy atom. The summed E-state index contributed by atoms with van der Waals surface area (Å²) in [4.78, 5) is 38.0. The molecule has 32 heavy (non-hydrogen) atoms. The van der Waals surface area contributed by atoms with Gasteiger partial charge in [-0.15, -0.1) is 0 Å². The van der Waals surface area contributed by atoms with Crippen LogP contribution in [0.25, 0.3) is 0 Å². The monoisotopic (exact) mass is 527 g/mol. The molecule has 1 amide bonds. The maximum atomic E-state index is 12.4. The minimum atomic E-state index is -0.922. The standard InChI is InChI=1S/C20H33NO7S4/c1-8-25-17(29)31-19(4,5)15(23)27-12-10-21(14(3)22)11-13-28-16(24)20(6,7)32-18(30)26-9-2/h8-13H2,1-7H3. The summed E-state index contributed by atoms with van der Waals surface area (Å²) >= 11 is 12.3. The van der Waals surface area contributed by atoms with Gasteiger partial charge in [0, 0.05) is 6.92 Å². The summed E-state index contributed by atoms with van der Waals surface area (Å²) in [5.41, 5.74) is 0. The van der Waals surface area contributed by atoms with Crippen LogP contribution in [0.15, 0.2) is 0 Å². The second-order valence-corrected chi connectivity index (χ2v) is 11.8. The third-order valence-electron chi connectivity index (χ3n) is 3.82. The average Bonchev–Trinajstić information content (AvgIpc) is 2.65. The van der Waals surface area contributed by atoms with E-state index >= 15 is 0 Å². The number of hydrogen-bond donors (Lipinski definition) is 0. The maximum Gasteiger partial charge on any atom is 0.322 e. The highest BCUT2D eigenvalue weighted by atomic mass is 32.2. The first kappa shape index (κ1) is 30.9. The summed E-state index contributed by atoms with van der Waals surface area (Å²) in [7, 11) is 0. The molecule has 0 rings (SSSR count). The van der Waals surface area contributed by atoms with Crippen LogP contribution < -0.4 is 0 Å². The molecule has 0 aromatic carbocycles. The molecule has 0 aliphatic rings. The van der Waals surface area contributed by atoms with Gasteiger partial charge in [-0.3, -0.25) is 14.4 Å². The zero-order chi connectivity index (χ0) is 24.9. The SMILES string of the molecule is CCOC(=S)SC(C)(C)C(=O)OCCN(CCOC(=O)C(C)(C)SC(=S)OCC)C(C)=O. The molecule has 184 valence electrons. The number of carbonyl (C=O) groups excluding carboxylic acids is 3. The highest BCUT2D eigenvalue weighted by Crippen LogP contribution is 2.29. The first-order valence-electron chi connectivity index (χ1n) is 10.1. The third kappa shape index (κ3) is 12.2. The third-order valence-corrected chi connectivity index (χ3v) is 6.48. The molecule has 0 radical (unpaired) electrons. The molecule has 0 atom stereocenters. The fourth-order valence-electron chi connectivity index (χ4n) is 2.07. The Morgan fingerprint density at radius 3 is 1.38 bits per heavy atom. The minimum Gasteiger partial charge on any atom is -0.479 e. The second kappa shape index (κ2) is 14.9. The summed E-state index contributed by atoms with van der Waals surface area (Å²) in [6.07, 6.45) is 0. The molecule has 0 aromatic rings. The van der Waals surface area contributed by atoms with Crippen LogP contribution in [0.4, 0.5) is 0 Å². The Hall–Kier alpha value is -1.11. The Labute approximate surface area is 209 Å². The number of esters is 2. The van der Waals surface area contributed by atoms with Crippen LogP contribution in [0.2, 0.25) is 0 Å². The van der Waals surface area contributed by atoms with Gasteiger partial charge < -0.3 is 23.8 Å². The van der Waals surface area contributed by atoms with Crippen molar-refractivity contribution in [1.29, 1.82) is 0 Å². The van der Waals surface area contributed by atoms with E-state index in [4.69, 9.17) is 43.4 Å². The molecule has 0 heterocycles. The lowest BCUT2D eigenvalue weighted by Gasteiger charge is -2.25. The highest BCUT2D eigenvalue weighted by Gasteiger charge is 2.33. The lowest BCUT2D eigenvalue weighted by Crippen LogP contribution is -2.39. The van der Waals surface area contributed by atoms with Crippen LogP contribution >= 0.6 is 48.0 Å². The maximum absolute atomic E-state index is 12.4. The van der Waals surface area contributed by atoms with Crippen LogP contribution in [0, 0.1) is 0 Å². The number of ether oxygens (including phenoxy) is 4. The zero-order valence-corrected chi connectivity index (χ0v) is 22.9. The molecule has 0 saturated carbocycles. The van der Waals surface area contributed by atoms with Crippen molar-refractivity contribution in [1.82, 2.24) is 4.90 Å². The zero-order valence-electron chi connectivity index (χ0n) is 19.7. The van der Waals surface area contributed by atoms with Crippen LogP contribution in [0.5, 0.6) is 0 Å². The molecule has 0 aromatic heterocycles. The van der Waals surface area contributed by atoms with Crippen LogP contribution in [-0.4, -0.2) is 80.5 Å². The largest absolute Gasteiger partial charge is 0.479 e. The van der Waals surface area contributed by atoms with Gasteiger partial charge in [0.2, 0.25) is 14.7 Å². The molecular formula is C20H33NO7S4. The van der Waals surface area contributed by atoms with Crippen molar-refractivity contribution < 1.29 is 33.3 Å². The summed E-state index contributed by atoms with van der Waals surface area (Å²) < 4.78 is 19.7. The van der Waals surface area contributed by atoms with E-state index < -0.39 is 21.4 Å².